The number of alkyl halides is 3. The van der Waals surface area contributed by atoms with Crippen molar-refractivity contribution in [1.29, 1.82) is 0 Å². The van der Waals surface area contributed by atoms with Crippen molar-refractivity contribution in [3.05, 3.63) is 0 Å². The maximum atomic E-state index is 12.0. The van der Waals surface area contributed by atoms with E-state index in [0.717, 1.165) is 6.61 Å². The average Bonchev–Trinajstić information content (AvgIpc) is 2.47. The molecule has 23 heavy (non-hydrogen) atoms. The van der Waals surface area contributed by atoms with Crippen LogP contribution in [0.15, 0.2) is 0 Å². The zero-order valence-corrected chi connectivity index (χ0v) is 15.0. The summed E-state index contributed by atoms with van der Waals surface area (Å²) in [6.07, 6.45) is -0.489. The van der Waals surface area contributed by atoms with Gasteiger partial charge in [0, 0.05) is 19.7 Å². The van der Waals surface area contributed by atoms with E-state index >= 15 is 0 Å². The molecule has 2 fully saturated rings. The summed E-state index contributed by atoms with van der Waals surface area (Å²) >= 11 is 0. The van der Waals surface area contributed by atoms with Crippen LogP contribution in [0, 0.1) is 11.8 Å². The van der Waals surface area contributed by atoms with Crippen molar-refractivity contribution in [1.82, 2.24) is 9.80 Å². The van der Waals surface area contributed by atoms with Crippen molar-refractivity contribution >= 4 is 0 Å². The number of ether oxygens (including phenoxy) is 1. The predicted octanol–water partition coefficient (Wildman–Crippen LogP) is 3.64. The smallest absolute Gasteiger partial charge is 0.378 e. The van der Waals surface area contributed by atoms with Crippen molar-refractivity contribution < 1.29 is 17.9 Å². The lowest BCUT2D eigenvalue weighted by atomic mass is 9.97. The molecule has 2 saturated heterocycles. The molecule has 0 amide bonds. The Morgan fingerprint density at radius 2 is 1.35 bits per heavy atom. The SMILES string of the molecule is CC(C)COC1CCN(C)CC1.CN1CCC(C(F)(F)F)CC1. The first-order valence-electron chi connectivity index (χ1n) is 8.74. The maximum absolute atomic E-state index is 12.0. The van der Waals surface area contributed by atoms with Crippen LogP contribution in [0.4, 0.5) is 13.2 Å². The fourth-order valence-corrected chi connectivity index (χ4v) is 2.82. The monoisotopic (exact) mass is 338 g/mol. The second-order valence-electron chi connectivity index (χ2n) is 7.35. The molecular weight excluding hydrogens is 305 g/mol. The Hall–Kier alpha value is -0.330. The van der Waals surface area contributed by atoms with Gasteiger partial charge in [0.2, 0.25) is 0 Å². The number of piperidine rings is 2. The molecule has 0 aromatic carbocycles. The molecule has 0 atom stereocenters. The van der Waals surface area contributed by atoms with Gasteiger partial charge < -0.3 is 14.5 Å². The van der Waals surface area contributed by atoms with Crippen LogP contribution in [0.3, 0.4) is 0 Å². The molecule has 0 bridgehead atoms. The second kappa shape index (κ2) is 9.84. The fourth-order valence-electron chi connectivity index (χ4n) is 2.82. The highest BCUT2D eigenvalue weighted by molar-refractivity contribution is 4.75. The highest BCUT2D eigenvalue weighted by atomic mass is 19.4. The third-order valence-corrected chi connectivity index (χ3v) is 4.51. The number of rotatable bonds is 3. The molecule has 0 radical (unpaired) electrons. The number of likely N-dealkylation sites (tertiary alicyclic amines) is 2. The highest BCUT2D eigenvalue weighted by Gasteiger charge is 2.40. The van der Waals surface area contributed by atoms with Crippen molar-refractivity contribution in [2.75, 3.05) is 46.9 Å². The summed E-state index contributed by atoms with van der Waals surface area (Å²) in [5.41, 5.74) is 0. The van der Waals surface area contributed by atoms with E-state index in [1.165, 1.54) is 25.9 Å². The van der Waals surface area contributed by atoms with Gasteiger partial charge in [0.1, 0.15) is 0 Å². The molecule has 2 aliphatic heterocycles. The van der Waals surface area contributed by atoms with Gasteiger partial charge in [-0.05, 0) is 58.8 Å². The Kier molecular flexibility index (Phi) is 8.86. The summed E-state index contributed by atoms with van der Waals surface area (Å²) in [6, 6.07) is 0. The van der Waals surface area contributed by atoms with E-state index in [9.17, 15) is 13.2 Å². The fraction of sp³-hybridized carbons (Fsp3) is 1.00. The molecule has 2 rings (SSSR count). The van der Waals surface area contributed by atoms with E-state index in [4.69, 9.17) is 4.74 Å². The molecule has 0 aliphatic carbocycles. The molecule has 0 aromatic rings. The van der Waals surface area contributed by atoms with E-state index in [1.54, 1.807) is 0 Å². The zero-order valence-electron chi connectivity index (χ0n) is 15.0. The molecule has 138 valence electrons. The molecule has 0 N–H and O–H groups in total. The van der Waals surface area contributed by atoms with Crippen LogP contribution in [0.5, 0.6) is 0 Å². The lowest BCUT2D eigenvalue weighted by Crippen LogP contribution is -2.36. The molecule has 0 unspecified atom stereocenters. The normalized spacial score (nSPS) is 23.0. The van der Waals surface area contributed by atoms with Crippen molar-refractivity contribution in [2.24, 2.45) is 11.8 Å². The summed E-state index contributed by atoms with van der Waals surface area (Å²) in [7, 11) is 4.03. The van der Waals surface area contributed by atoms with Gasteiger partial charge in [-0.15, -0.1) is 0 Å². The molecule has 2 heterocycles. The predicted molar refractivity (Wildman–Crippen MR) is 87.6 cm³/mol. The number of nitrogens with zero attached hydrogens (tertiary/aromatic N) is 2. The Labute approximate surface area is 139 Å². The standard InChI is InChI=1S/C10H21NO.C7H12F3N/c1-9(2)8-12-10-4-6-11(3)7-5-10;1-11-4-2-6(3-5-11)7(8,9)10/h9-10H,4-8H2,1-3H3;6H,2-5H2,1H3. The molecule has 0 saturated carbocycles. The lowest BCUT2D eigenvalue weighted by Gasteiger charge is -2.30. The average molecular weight is 338 g/mol. The molecule has 2 aliphatic rings. The Morgan fingerprint density at radius 1 is 0.913 bits per heavy atom. The van der Waals surface area contributed by atoms with Gasteiger partial charge in [0.15, 0.2) is 0 Å². The zero-order chi connectivity index (χ0) is 17.5. The van der Waals surface area contributed by atoms with Crippen LogP contribution in [0.25, 0.3) is 0 Å². The Bertz CT molecular complexity index is 307. The van der Waals surface area contributed by atoms with E-state index in [0.29, 0.717) is 25.1 Å². The third kappa shape index (κ3) is 8.91. The number of hydrogen-bond acceptors (Lipinski definition) is 3. The first-order valence-corrected chi connectivity index (χ1v) is 8.74. The minimum absolute atomic E-state index is 0.264. The first-order chi connectivity index (χ1) is 10.7. The first kappa shape index (κ1) is 20.7. The van der Waals surface area contributed by atoms with Gasteiger partial charge in [0.05, 0.1) is 12.0 Å². The van der Waals surface area contributed by atoms with E-state index < -0.39 is 12.1 Å². The number of halogens is 3. The summed E-state index contributed by atoms with van der Waals surface area (Å²) in [6.45, 7) is 8.87. The van der Waals surface area contributed by atoms with Crippen molar-refractivity contribution in [3.8, 4) is 0 Å². The van der Waals surface area contributed by atoms with Crippen molar-refractivity contribution in [2.45, 2.75) is 51.8 Å². The summed E-state index contributed by atoms with van der Waals surface area (Å²) < 4.78 is 41.9. The molecule has 3 nitrogen and oxygen atoms in total. The van der Waals surface area contributed by atoms with Gasteiger partial charge in [0.25, 0.3) is 0 Å². The molecule has 6 heteroatoms. The molecular formula is C17H33F3N2O. The molecule has 0 aromatic heterocycles. The largest absolute Gasteiger partial charge is 0.391 e. The van der Waals surface area contributed by atoms with Crippen LogP contribution < -0.4 is 0 Å². The minimum Gasteiger partial charge on any atom is -0.378 e. The van der Waals surface area contributed by atoms with Crippen LogP contribution in [0.2, 0.25) is 0 Å². The maximum Gasteiger partial charge on any atom is 0.391 e. The molecule has 0 spiro atoms. The Balaban J connectivity index is 0.000000231. The van der Waals surface area contributed by atoms with E-state index in [1.807, 2.05) is 11.9 Å². The highest BCUT2D eigenvalue weighted by Crippen LogP contribution is 2.33. The lowest BCUT2D eigenvalue weighted by molar-refractivity contribution is -0.184. The van der Waals surface area contributed by atoms with E-state index in [2.05, 4.69) is 25.8 Å². The summed E-state index contributed by atoms with van der Waals surface area (Å²) in [4.78, 5) is 4.30. The number of hydrogen-bond donors (Lipinski definition) is 0. The van der Waals surface area contributed by atoms with Gasteiger partial charge in [-0.25, -0.2) is 0 Å². The van der Waals surface area contributed by atoms with Crippen LogP contribution >= 0.6 is 0 Å². The van der Waals surface area contributed by atoms with E-state index in [-0.39, 0.29) is 12.8 Å². The van der Waals surface area contributed by atoms with Crippen molar-refractivity contribution in [3.63, 3.8) is 0 Å². The third-order valence-electron chi connectivity index (χ3n) is 4.51. The van der Waals surface area contributed by atoms with Gasteiger partial charge in [-0.1, -0.05) is 13.8 Å². The van der Waals surface area contributed by atoms with Gasteiger partial charge in [-0.2, -0.15) is 13.2 Å². The van der Waals surface area contributed by atoms with Crippen LogP contribution in [0.1, 0.15) is 39.5 Å². The topological polar surface area (TPSA) is 15.7 Å². The minimum atomic E-state index is -3.97. The quantitative estimate of drug-likeness (QED) is 0.781. The van der Waals surface area contributed by atoms with Gasteiger partial charge >= 0.3 is 6.18 Å². The summed E-state index contributed by atoms with van der Waals surface area (Å²) in [5, 5.41) is 0. The summed E-state index contributed by atoms with van der Waals surface area (Å²) in [5.74, 6) is -0.386. The second-order valence-corrected chi connectivity index (χ2v) is 7.35. The van der Waals surface area contributed by atoms with Gasteiger partial charge in [-0.3, -0.25) is 0 Å². The van der Waals surface area contributed by atoms with Crippen LogP contribution in [-0.4, -0.2) is 69.0 Å². The Morgan fingerprint density at radius 3 is 1.74 bits per heavy atom. The van der Waals surface area contributed by atoms with Crippen LogP contribution in [-0.2, 0) is 4.74 Å².